The third kappa shape index (κ3) is 3.54. The first kappa shape index (κ1) is 13.0. The lowest BCUT2D eigenvalue weighted by Crippen LogP contribution is -2.07. The first-order chi connectivity index (χ1) is 8.67. The number of hydrogen-bond donors (Lipinski definition) is 2. The molecule has 0 amide bonds. The van der Waals surface area contributed by atoms with Crippen LogP contribution in [0.15, 0.2) is 16.0 Å². The third-order valence-corrected chi connectivity index (χ3v) is 3.92. The van der Waals surface area contributed by atoms with Gasteiger partial charge in [-0.15, -0.1) is 10.2 Å². The molecule has 0 unspecified atom stereocenters. The van der Waals surface area contributed by atoms with Crippen molar-refractivity contribution in [1.82, 2.24) is 20.2 Å². The second-order valence-corrected chi connectivity index (χ2v) is 5.54. The molecule has 0 atom stereocenters. The van der Waals surface area contributed by atoms with Crippen molar-refractivity contribution in [1.29, 1.82) is 0 Å². The highest BCUT2D eigenvalue weighted by atomic mass is 32.2. The molecule has 0 saturated heterocycles. The van der Waals surface area contributed by atoms with Crippen LogP contribution in [0.3, 0.4) is 0 Å². The molecular weight excluding hydrogens is 270 g/mol. The van der Waals surface area contributed by atoms with Crippen LogP contribution >= 0.6 is 23.1 Å². The van der Waals surface area contributed by atoms with Gasteiger partial charge in [-0.25, -0.2) is 4.98 Å². The molecule has 96 valence electrons. The summed E-state index contributed by atoms with van der Waals surface area (Å²) >= 11 is 2.96. The van der Waals surface area contributed by atoms with Gasteiger partial charge in [-0.05, 0) is 13.8 Å². The van der Waals surface area contributed by atoms with E-state index in [1.165, 1.54) is 29.2 Å². The van der Waals surface area contributed by atoms with Crippen LogP contribution in [0.1, 0.15) is 17.6 Å². The highest BCUT2D eigenvalue weighted by molar-refractivity contribution is 7.98. The predicted molar refractivity (Wildman–Crippen MR) is 73.2 cm³/mol. The predicted octanol–water partition coefficient (Wildman–Crippen LogP) is 1.65. The largest absolute Gasteiger partial charge is 0.360 e. The van der Waals surface area contributed by atoms with Gasteiger partial charge in [0, 0.05) is 18.3 Å². The average molecular weight is 283 g/mol. The number of nitrogens with one attached hydrogen (secondary N) is 2. The summed E-state index contributed by atoms with van der Waals surface area (Å²) in [4.78, 5) is 18.2. The number of anilines is 1. The van der Waals surface area contributed by atoms with Gasteiger partial charge in [-0.1, -0.05) is 23.1 Å². The molecule has 0 bridgehead atoms. The SMILES string of the molecule is CCNc1nnc(CSc2nc(C)cc(=O)[nH]2)s1. The molecule has 0 aliphatic rings. The second kappa shape index (κ2) is 5.96. The van der Waals surface area contributed by atoms with Crippen molar-refractivity contribution in [3.8, 4) is 0 Å². The van der Waals surface area contributed by atoms with Crippen LogP contribution in [0.25, 0.3) is 0 Å². The van der Waals surface area contributed by atoms with E-state index in [2.05, 4.69) is 25.5 Å². The van der Waals surface area contributed by atoms with E-state index in [0.29, 0.717) is 16.6 Å². The molecule has 0 fully saturated rings. The number of aryl methyl sites for hydroxylation is 1. The fraction of sp³-hybridized carbons (Fsp3) is 0.400. The van der Waals surface area contributed by atoms with Crippen LogP contribution < -0.4 is 10.9 Å². The maximum Gasteiger partial charge on any atom is 0.251 e. The fourth-order valence-corrected chi connectivity index (χ4v) is 3.00. The summed E-state index contributed by atoms with van der Waals surface area (Å²) in [7, 11) is 0. The molecule has 2 aromatic heterocycles. The summed E-state index contributed by atoms with van der Waals surface area (Å²) in [6.07, 6.45) is 0. The van der Waals surface area contributed by atoms with E-state index in [1.54, 1.807) is 6.92 Å². The minimum absolute atomic E-state index is 0.129. The highest BCUT2D eigenvalue weighted by Crippen LogP contribution is 2.22. The van der Waals surface area contributed by atoms with Crippen LogP contribution in [0.4, 0.5) is 5.13 Å². The standard InChI is InChI=1S/C10H13N5OS2/c1-3-11-9-15-14-8(18-9)5-17-10-12-6(2)4-7(16)13-10/h4H,3,5H2,1-2H3,(H,11,15)(H,12,13,16). The van der Waals surface area contributed by atoms with Gasteiger partial charge in [0.25, 0.3) is 5.56 Å². The van der Waals surface area contributed by atoms with Crippen molar-refractivity contribution in [3.63, 3.8) is 0 Å². The summed E-state index contributed by atoms with van der Waals surface area (Å²) < 4.78 is 0. The van der Waals surface area contributed by atoms with Crippen LogP contribution in [0.5, 0.6) is 0 Å². The van der Waals surface area contributed by atoms with Gasteiger partial charge in [-0.3, -0.25) is 4.79 Å². The molecule has 18 heavy (non-hydrogen) atoms. The van der Waals surface area contributed by atoms with E-state index < -0.39 is 0 Å². The number of rotatable bonds is 5. The Kier molecular flexibility index (Phi) is 4.32. The Morgan fingerprint density at radius 2 is 2.33 bits per heavy atom. The Morgan fingerprint density at radius 3 is 3.06 bits per heavy atom. The number of H-pyrrole nitrogens is 1. The van der Waals surface area contributed by atoms with Crippen molar-refractivity contribution >= 4 is 28.2 Å². The van der Waals surface area contributed by atoms with Gasteiger partial charge in [0.05, 0.1) is 5.75 Å². The Bertz CT molecular complexity index is 580. The topological polar surface area (TPSA) is 83.6 Å². The van der Waals surface area contributed by atoms with Gasteiger partial charge in [0.1, 0.15) is 5.01 Å². The smallest absolute Gasteiger partial charge is 0.251 e. The Hall–Kier alpha value is -1.41. The van der Waals surface area contributed by atoms with Crippen molar-refractivity contribution in [3.05, 3.63) is 27.1 Å². The number of thioether (sulfide) groups is 1. The molecule has 0 aromatic carbocycles. The molecule has 2 N–H and O–H groups in total. The summed E-state index contributed by atoms with van der Waals surface area (Å²) in [5.74, 6) is 0.648. The summed E-state index contributed by atoms with van der Waals surface area (Å²) in [5.41, 5.74) is 0.586. The summed E-state index contributed by atoms with van der Waals surface area (Å²) in [5, 5.41) is 13.5. The van der Waals surface area contributed by atoms with E-state index >= 15 is 0 Å². The zero-order valence-corrected chi connectivity index (χ0v) is 11.7. The highest BCUT2D eigenvalue weighted by Gasteiger charge is 2.05. The molecule has 8 heteroatoms. The first-order valence-corrected chi connectivity index (χ1v) is 7.24. The zero-order chi connectivity index (χ0) is 13.0. The maximum absolute atomic E-state index is 11.3. The zero-order valence-electron chi connectivity index (χ0n) is 10.1. The molecule has 0 spiro atoms. The third-order valence-electron chi connectivity index (χ3n) is 1.98. The van der Waals surface area contributed by atoms with Crippen molar-refractivity contribution in [2.75, 3.05) is 11.9 Å². The van der Waals surface area contributed by atoms with E-state index in [4.69, 9.17) is 0 Å². The number of aromatic amines is 1. The molecule has 0 radical (unpaired) electrons. The molecule has 2 aromatic rings. The minimum atomic E-state index is -0.129. The maximum atomic E-state index is 11.3. The lowest BCUT2D eigenvalue weighted by molar-refractivity contribution is 0.904. The van der Waals surface area contributed by atoms with E-state index in [1.807, 2.05) is 6.92 Å². The normalized spacial score (nSPS) is 10.6. The first-order valence-electron chi connectivity index (χ1n) is 5.44. The van der Waals surface area contributed by atoms with E-state index in [9.17, 15) is 4.79 Å². The lowest BCUT2D eigenvalue weighted by atomic mass is 10.5. The molecule has 6 nitrogen and oxygen atoms in total. The molecule has 2 rings (SSSR count). The average Bonchev–Trinajstić information content (AvgIpc) is 2.74. The Labute approximate surface area is 112 Å². The Balaban J connectivity index is 1.99. The molecular formula is C10H13N5OS2. The van der Waals surface area contributed by atoms with Gasteiger partial charge in [-0.2, -0.15) is 0 Å². The van der Waals surface area contributed by atoms with Crippen molar-refractivity contribution in [2.45, 2.75) is 24.8 Å². The van der Waals surface area contributed by atoms with Gasteiger partial charge < -0.3 is 10.3 Å². The van der Waals surface area contributed by atoms with Crippen LogP contribution in [0, 0.1) is 6.92 Å². The summed E-state index contributed by atoms with van der Waals surface area (Å²) in [6, 6.07) is 1.47. The Morgan fingerprint density at radius 1 is 1.50 bits per heavy atom. The van der Waals surface area contributed by atoms with Gasteiger partial charge >= 0.3 is 0 Å². The molecule has 0 aliphatic heterocycles. The molecule has 0 saturated carbocycles. The van der Waals surface area contributed by atoms with E-state index in [-0.39, 0.29) is 5.56 Å². The summed E-state index contributed by atoms with van der Waals surface area (Å²) in [6.45, 7) is 4.64. The van der Waals surface area contributed by atoms with E-state index in [0.717, 1.165) is 16.7 Å². The van der Waals surface area contributed by atoms with Crippen LogP contribution in [-0.2, 0) is 5.75 Å². The van der Waals surface area contributed by atoms with Crippen molar-refractivity contribution < 1.29 is 0 Å². The molecule has 2 heterocycles. The monoisotopic (exact) mass is 283 g/mol. The fourth-order valence-electron chi connectivity index (χ4n) is 1.28. The van der Waals surface area contributed by atoms with Gasteiger partial charge in [0.15, 0.2) is 5.16 Å². The lowest BCUT2D eigenvalue weighted by Gasteiger charge is -1.98. The van der Waals surface area contributed by atoms with Crippen LogP contribution in [0.2, 0.25) is 0 Å². The minimum Gasteiger partial charge on any atom is -0.360 e. The quantitative estimate of drug-likeness (QED) is 0.641. The second-order valence-electron chi connectivity index (χ2n) is 3.51. The van der Waals surface area contributed by atoms with Crippen molar-refractivity contribution in [2.24, 2.45) is 0 Å². The number of hydrogen-bond acceptors (Lipinski definition) is 7. The molecule has 0 aliphatic carbocycles. The van der Waals surface area contributed by atoms with Gasteiger partial charge in [0.2, 0.25) is 5.13 Å². The number of aromatic nitrogens is 4. The van der Waals surface area contributed by atoms with Crippen LogP contribution in [-0.4, -0.2) is 26.7 Å². The number of nitrogens with zero attached hydrogens (tertiary/aromatic N) is 3.